The van der Waals surface area contributed by atoms with E-state index >= 15 is 0 Å². The minimum Gasteiger partial charge on any atom is -0.497 e. The number of ether oxygens (including phenoxy) is 2. The van der Waals surface area contributed by atoms with E-state index in [4.69, 9.17) is 9.47 Å². The fourth-order valence-corrected chi connectivity index (χ4v) is 1.99. The molecule has 0 amide bonds. The average Bonchev–Trinajstić information content (AvgIpc) is 2.31. The minimum absolute atomic E-state index is 0.0620. The lowest BCUT2D eigenvalue weighted by atomic mass is 10.1. The fourth-order valence-electron chi connectivity index (χ4n) is 1.40. The van der Waals surface area contributed by atoms with Crippen LogP contribution in [0.5, 0.6) is 5.75 Å². The maximum Gasteiger partial charge on any atom is 0.310 e. The van der Waals surface area contributed by atoms with Crippen LogP contribution in [-0.2, 0) is 16.0 Å². The number of halogens is 1. The molecule has 0 aliphatic carbocycles. The molecule has 0 spiro atoms. The molecular formula is C12H13BrO4. The number of benzene rings is 1. The number of hydrogen-bond donors (Lipinski definition) is 0. The second-order valence-corrected chi connectivity index (χ2v) is 4.13. The van der Waals surface area contributed by atoms with Gasteiger partial charge in [0.2, 0.25) is 0 Å². The Bertz CT molecular complexity index is 429. The van der Waals surface area contributed by atoms with Crippen molar-refractivity contribution in [2.45, 2.75) is 13.3 Å². The maximum absolute atomic E-state index is 11.4. The van der Waals surface area contributed by atoms with E-state index in [9.17, 15) is 9.59 Å². The smallest absolute Gasteiger partial charge is 0.310 e. The van der Waals surface area contributed by atoms with Crippen LogP contribution in [0.4, 0.5) is 0 Å². The highest BCUT2D eigenvalue weighted by molar-refractivity contribution is 9.10. The summed E-state index contributed by atoms with van der Waals surface area (Å²) in [5.41, 5.74) is 1.03. The van der Waals surface area contributed by atoms with Crippen LogP contribution in [0.3, 0.4) is 0 Å². The van der Waals surface area contributed by atoms with Gasteiger partial charge in [-0.1, -0.05) is 15.9 Å². The van der Waals surface area contributed by atoms with E-state index in [0.717, 1.165) is 0 Å². The van der Waals surface area contributed by atoms with Crippen LogP contribution in [0.15, 0.2) is 16.6 Å². The Kier molecular flexibility index (Phi) is 5.15. The van der Waals surface area contributed by atoms with Gasteiger partial charge in [0.15, 0.2) is 6.29 Å². The van der Waals surface area contributed by atoms with Crippen molar-refractivity contribution >= 4 is 28.2 Å². The van der Waals surface area contributed by atoms with Crippen LogP contribution < -0.4 is 4.74 Å². The Balaban J connectivity index is 3.05. The van der Waals surface area contributed by atoms with Crippen molar-refractivity contribution in [1.29, 1.82) is 0 Å². The lowest BCUT2D eigenvalue weighted by Gasteiger charge is -2.09. The first-order chi connectivity index (χ1) is 8.12. The molecule has 1 aromatic rings. The molecule has 1 aromatic carbocycles. The third-order valence-corrected chi connectivity index (χ3v) is 2.90. The summed E-state index contributed by atoms with van der Waals surface area (Å²) in [6, 6.07) is 3.30. The second kappa shape index (κ2) is 6.39. The van der Waals surface area contributed by atoms with Crippen LogP contribution in [0.1, 0.15) is 22.8 Å². The number of hydrogen-bond acceptors (Lipinski definition) is 4. The molecule has 0 aliphatic rings. The molecule has 0 radical (unpaired) electrons. The molecule has 0 saturated heterocycles. The molecule has 0 aromatic heterocycles. The lowest BCUT2D eigenvalue weighted by molar-refractivity contribution is -0.142. The van der Waals surface area contributed by atoms with Crippen LogP contribution in [-0.4, -0.2) is 26.0 Å². The van der Waals surface area contributed by atoms with Gasteiger partial charge < -0.3 is 9.47 Å². The van der Waals surface area contributed by atoms with Gasteiger partial charge in [0.25, 0.3) is 0 Å². The third-order valence-electron chi connectivity index (χ3n) is 2.19. The quantitative estimate of drug-likeness (QED) is 0.619. The third kappa shape index (κ3) is 3.56. The molecule has 0 bridgehead atoms. The topological polar surface area (TPSA) is 52.6 Å². The van der Waals surface area contributed by atoms with Gasteiger partial charge in [0, 0.05) is 10.0 Å². The maximum atomic E-state index is 11.4. The fraction of sp³-hybridized carbons (Fsp3) is 0.333. The van der Waals surface area contributed by atoms with E-state index in [1.807, 2.05) is 0 Å². The summed E-state index contributed by atoms with van der Waals surface area (Å²) in [5.74, 6) is 0.202. The largest absolute Gasteiger partial charge is 0.497 e. The van der Waals surface area contributed by atoms with Gasteiger partial charge in [0.1, 0.15) is 5.75 Å². The lowest BCUT2D eigenvalue weighted by Crippen LogP contribution is -2.10. The molecule has 4 nitrogen and oxygen atoms in total. The zero-order valence-corrected chi connectivity index (χ0v) is 11.2. The molecular weight excluding hydrogens is 288 g/mol. The highest BCUT2D eigenvalue weighted by atomic mass is 79.9. The summed E-state index contributed by atoms with van der Waals surface area (Å²) >= 11 is 3.31. The summed E-state index contributed by atoms with van der Waals surface area (Å²) in [5, 5.41) is 0. The molecule has 92 valence electrons. The first kappa shape index (κ1) is 13.7. The highest BCUT2D eigenvalue weighted by Crippen LogP contribution is 2.27. The van der Waals surface area contributed by atoms with Crippen LogP contribution in [0.25, 0.3) is 0 Å². The van der Waals surface area contributed by atoms with Crippen LogP contribution in [0, 0.1) is 0 Å². The molecule has 17 heavy (non-hydrogen) atoms. The first-order valence-electron chi connectivity index (χ1n) is 5.09. The Hall–Kier alpha value is -1.36. The number of aldehydes is 1. The Morgan fingerprint density at radius 2 is 2.18 bits per heavy atom. The molecule has 0 fully saturated rings. The van der Waals surface area contributed by atoms with Crippen LogP contribution in [0.2, 0.25) is 0 Å². The molecule has 0 aliphatic heterocycles. The van der Waals surface area contributed by atoms with E-state index in [2.05, 4.69) is 15.9 Å². The molecule has 0 heterocycles. The SMILES string of the molecule is CCOC(=O)Cc1c(Br)cc(OC)cc1C=O. The first-order valence-corrected chi connectivity index (χ1v) is 5.88. The summed E-state index contributed by atoms with van der Waals surface area (Å²) in [6.45, 7) is 2.06. The zero-order chi connectivity index (χ0) is 12.8. The molecule has 0 saturated carbocycles. The van der Waals surface area contributed by atoms with Crippen molar-refractivity contribution in [1.82, 2.24) is 0 Å². The molecule has 0 N–H and O–H groups in total. The van der Waals surface area contributed by atoms with Gasteiger partial charge in [-0.3, -0.25) is 9.59 Å². The van der Waals surface area contributed by atoms with Gasteiger partial charge in [-0.2, -0.15) is 0 Å². The molecule has 0 atom stereocenters. The van der Waals surface area contributed by atoms with Crippen molar-refractivity contribution in [2.24, 2.45) is 0 Å². The van der Waals surface area contributed by atoms with E-state index in [1.54, 1.807) is 19.1 Å². The predicted octanol–water partition coefficient (Wildman–Crippen LogP) is 2.38. The van der Waals surface area contributed by atoms with E-state index in [0.29, 0.717) is 34.2 Å². The van der Waals surface area contributed by atoms with Gasteiger partial charge in [-0.25, -0.2) is 0 Å². The van der Waals surface area contributed by atoms with Gasteiger partial charge in [-0.15, -0.1) is 0 Å². The van der Waals surface area contributed by atoms with Crippen molar-refractivity contribution in [2.75, 3.05) is 13.7 Å². The number of methoxy groups -OCH3 is 1. The summed E-state index contributed by atoms with van der Waals surface area (Å²) in [6.07, 6.45) is 0.758. The van der Waals surface area contributed by atoms with E-state index < -0.39 is 0 Å². The standard InChI is InChI=1S/C12H13BrO4/c1-3-17-12(15)6-10-8(7-14)4-9(16-2)5-11(10)13/h4-5,7H,3,6H2,1-2H3. The summed E-state index contributed by atoms with van der Waals surface area (Å²) < 4.78 is 10.5. The molecule has 5 heteroatoms. The van der Waals surface area contributed by atoms with Crippen molar-refractivity contribution in [3.05, 3.63) is 27.7 Å². The summed E-state index contributed by atoms with van der Waals surface area (Å²) in [4.78, 5) is 22.4. The zero-order valence-electron chi connectivity index (χ0n) is 9.66. The van der Waals surface area contributed by atoms with Gasteiger partial charge in [-0.05, 0) is 24.6 Å². The number of rotatable bonds is 5. The minimum atomic E-state index is -0.360. The molecule has 1 rings (SSSR count). The van der Waals surface area contributed by atoms with Crippen LogP contribution >= 0.6 is 15.9 Å². The monoisotopic (exact) mass is 300 g/mol. The Morgan fingerprint density at radius 3 is 2.71 bits per heavy atom. The summed E-state index contributed by atoms with van der Waals surface area (Å²) in [7, 11) is 1.52. The number of carbonyl (C=O) groups excluding carboxylic acids is 2. The highest BCUT2D eigenvalue weighted by Gasteiger charge is 2.13. The predicted molar refractivity (Wildman–Crippen MR) is 66.4 cm³/mol. The van der Waals surface area contributed by atoms with Crippen molar-refractivity contribution < 1.29 is 19.1 Å². The Labute approximate surface area is 108 Å². The van der Waals surface area contributed by atoms with E-state index in [1.165, 1.54) is 7.11 Å². The number of esters is 1. The van der Waals surface area contributed by atoms with Gasteiger partial charge >= 0.3 is 5.97 Å². The van der Waals surface area contributed by atoms with E-state index in [-0.39, 0.29) is 12.4 Å². The molecule has 0 unspecified atom stereocenters. The van der Waals surface area contributed by atoms with Crippen molar-refractivity contribution in [3.63, 3.8) is 0 Å². The number of carbonyl (C=O) groups is 2. The average molecular weight is 301 g/mol. The van der Waals surface area contributed by atoms with Crippen molar-refractivity contribution in [3.8, 4) is 5.75 Å². The Morgan fingerprint density at radius 1 is 1.47 bits per heavy atom. The second-order valence-electron chi connectivity index (χ2n) is 3.28. The van der Waals surface area contributed by atoms with Gasteiger partial charge in [0.05, 0.1) is 20.1 Å². The normalized spacial score (nSPS) is 9.82.